The summed E-state index contributed by atoms with van der Waals surface area (Å²) in [6, 6.07) is 2.08. The van der Waals surface area contributed by atoms with Crippen LogP contribution in [0.4, 0.5) is 0 Å². The molecule has 16 heavy (non-hydrogen) atoms. The molecule has 2 atom stereocenters. The highest BCUT2D eigenvalue weighted by Crippen LogP contribution is 2.28. The highest BCUT2D eigenvalue weighted by Gasteiger charge is 2.19. The van der Waals surface area contributed by atoms with E-state index in [1.807, 2.05) is 0 Å². The van der Waals surface area contributed by atoms with Crippen molar-refractivity contribution in [3.63, 3.8) is 0 Å². The maximum absolute atomic E-state index is 5.86. The smallest absolute Gasteiger partial charge is 0.104 e. The third-order valence-corrected chi connectivity index (χ3v) is 4.46. The van der Waals surface area contributed by atoms with E-state index in [9.17, 15) is 0 Å². The van der Waals surface area contributed by atoms with Crippen LogP contribution in [-0.2, 0) is 9.47 Å². The molecule has 2 rings (SSSR count). The zero-order valence-electron chi connectivity index (χ0n) is 9.02. The largest absolute Gasteiger partial charge is 0.381 e. The van der Waals surface area contributed by atoms with Crippen LogP contribution in [0, 0.1) is 5.92 Å². The number of ether oxygens (including phenoxy) is 2. The molecular formula is C11H16BrNO2S. The van der Waals surface area contributed by atoms with Crippen molar-refractivity contribution in [1.29, 1.82) is 0 Å². The molecule has 2 unspecified atom stereocenters. The summed E-state index contributed by atoms with van der Waals surface area (Å²) in [5.74, 6) is 0.539. The van der Waals surface area contributed by atoms with Gasteiger partial charge in [0.25, 0.3) is 0 Å². The minimum absolute atomic E-state index is 0.0249. The van der Waals surface area contributed by atoms with Crippen LogP contribution in [0.15, 0.2) is 15.9 Å². The lowest BCUT2D eigenvalue weighted by Gasteiger charge is -2.16. The molecular weight excluding hydrogens is 290 g/mol. The predicted octanol–water partition coefficient (Wildman–Crippen LogP) is 2.56. The summed E-state index contributed by atoms with van der Waals surface area (Å²) >= 11 is 5.12. The molecule has 2 heterocycles. The number of hydrogen-bond donors (Lipinski definition) is 1. The summed E-state index contributed by atoms with van der Waals surface area (Å²) in [5, 5.41) is 2.06. The first-order valence-corrected chi connectivity index (χ1v) is 7.10. The van der Waals surface area contributed by atoms with Gasteiger partial charge >= 0.3 is 0 Å². The maximum Gasteiger partial charge on any atom is 0.104 e. The Kier molecular flexibility index (Phi) is 4.79. The van der Waals surface area contributed by atoms with Gasteiger partial charge in [-0.15, -0.1) is 11.3 Å². The molecule has 5 heteroatoms. The third kappa shape index (κ3) is 3.28. The van der Waals surface area contributed by atoms with Crippen molar-refractivity contribution < 1.29 is 9.47 Å². The molecule has 2 N–H and O–H groups in total. The summed E-state index contributed by atoms with van der Waals surface area (Å²) in [6.07, 6.45) is 1.13. The van der Waals surface area contributed by atoms with Gasteiger partial charge in [0.2, 0.25) is 0 Å². The van der Waals surface area contributed by atoms with Crippen molar-refractivity contribution in [3.8, 4) is 0 Å². The molecule has 1 aliphatic heterocycles. The van der Waals surface area contributed by atoms with Gasteiger partial charge in [-0.1, -0.05) is 0 Å². The number of thiophene rings is 1. The van der Waals surface area contributed by atoms with Gasteiger partial charge < -0.3 is 15.2 Å². The Morgan fingerprint density at radius 3 is 3.12 bits per heavy atom. The average molecular weight is 306 g/mol. The van der Waals surface area contributed by atoms with E-state index in [4.69, 9.17) is 15.2 Å². The van der Waals surface area contributed by atoms with Crippen molar-refractivity contribution in [2.75, 3.05) is 26.4 Å². The predicted molar refractivity (Wildman–Crippen MR) is 68.7 cm³/mol. The summed E-state index contributed by atoms with van der Waals surface area (Å²) in [6.45, 7) is 2.97. The number of nitrogens with two attached hydrogens (primary N) is 1. The fraction of sp³-hybridized carbons (Fsp3) is 0.636. The molecule has 0 amide bonds. The van der Waals surface area contributed by atoms with E-state index < -0.39 is 0 Å². The van der Waals surface area contributed by atoms with Crippen molar-refractivity contribution in [3.05, 3.63) is 20.8 Å². The lowest BCUT2D eigenvalue weighted by Crippen LogP contribution is -2.19. The van der Waals surface area contributed by atoms with Gasteiger partial charge in [0.05, 0.1) is 13.2 Å². The zero-order valence-corrected chi connectivity index (χ0v) is 11.4. The number of rotatable bonds is 5. The molecule has 0 saturated carbocycles. The van der Waals surface area contributed by atoms with Crippen molar-refractivity contribution in [1.82, 2.24) is 0 Å². The molecule has 0 radical (unpaired) electrons. The molecule has 90 valence electrons. The van der Waals surface area contributed by atoms with Gasteiger partial charge in [0.1, 0.15) is 6.10 Å². The standard InChI is InChI=1S/C11H16BrNO2S/c12-9-3-11(16-7-9)10(4-13)15-6-8-1-2-14-5-8/h3,7-8,10H,1-2,4-6,13H2. The van der Waals surface area contributed by atoms with E-state index in [1.165, 1.54) is 4.88 Å². The van der Waals surface area contributed by atoms with E-state index >= 15 is 0 Å². The molecule has 1 aromatic rings. The Hall–Kier alpha value is 0.0600. The minimum Gasteiger partial charge on any atom is -0.381 e. The lowest BCUT2D eigenvalue weighted by molar-refractivity contribution is 0.0321. The summed E-state index contributed by atoms with van der Waals surface area (Å²) in [7, 11) is 0. The van der Waals surface area contributed by atoms with E-state index in [2.05, 4.69) is 27.4 Å². The molecule has 1 fully saturated rings. The van der Waals surface area contributed by atoms with E-state index in [0.29, 0.717) is 12.5 Å². The van der Waals surface area contributed by atoms with E-state index in [-0.39, 0.29) is 6.10 Å². The van der Waals surface area contributed by atoms with Crippen LogP contribution in [-0.4, -0.2) is 26.4 Å². The second kappa shape index (κ2) is 6.12. The van der Waals surface area contributed by atoms with E-state index in [0.717, 1.165) is 30.7 Å². The van der Waals surface area contributed by atoms with Crippen LogP contribution in [0.3, 0.4) is 0 Å². The van der Waals surface area contributed by atoms with Crippen LogP contribution in [0.1, 0.15) is 17.4 Å². The maximum atomic E-state index is 5.86. The Bertz CT molecular complexity index is 326. The van der Waals surface area contributed by atoms with Crippen LogP contribution in [0.25, 0.3) is 0 Å². The molecule has 0 bridgehead atoms. The Morgan fingerprint density at radius 1 is 1.69 bits per heavy atom. The monoisotopic (exact) mass is 305 g/mol. The molecule has 1 aliphatic rings. The Balaban J connectivity index is 1.85. The number of hydrogen-bond acceptors (Lipinski definition) is 4. The first kappa shape index (κ1) is 12.5. The van der Waals surface area contributed by atoms with Crippen LogP contribution >= 0.6 is 27.3 Å². The van der Waals surface area contributed by atoms with E-state index in [1.54, 1.807) is 11.3 Å². The molecule has 0 spiro atoms. The molecule has 0 aromatic carbocycles. The summed E-state index contributed by atoms with van der Waals surface area (Å²) in [4.78, 5) is 1.19. The first-order valence-electron chi connectivity index (χ1n) is 5.43. The quantitative estimate of drug-likeness (QED) is 0.909. The molecule has 1 aromatic heterocycles. The highest BCUT2D eigenvalue weighted by molar-refractivity contribution is 9.10. The first-order chi connectivity index (χ1) is 7.79. The van der Waals surface area contributed by atoms with Crippen LogP contribution in [0.2, 0.25) is 0 Å². The molecule has 0 aliphatic carbocycles. The minimum atomic E-state index is 0.0249. The van der Waals surface area contributed by atoms with Gasteiger partial charge in [0, 0.05) is 33.8 Å². The lowest BCUT2D eigenvalue weighted by atomic mass is 10.1. The topological polar surface area (TPSA) is 44.5 Å². The average Bonchev–Trinajstić information content (AvgIpc) is 2.91. The summed E-state index contributed by atoms with van der Waals surface area (Å²) < 4.78 is 12.3. The van der Waals surface area contributed by atoms with Crippen molar-refractivity contribution in [2.24, 2.45) is 11.7 Å². The van der Waals surface area contributed by atoms with Gasteiger partial charge in [0.15, 0.2) is 0 Å². The second-order valence-electron chi connectivity index (χ2n) is 3.95. The van der Waals surface area contributed by atoms with Gasteiger partial charge in [-0.3, -0.25) is 0 Å². The zero-order chi connectivity index (χ0) is 11.4. The highest BCUT2D eigenvalue weighted by atomic mass is 79.9. The van der Waals surface area contributed by atoms with Crippen LogP contribution in [0.5, 0.6) is 0 Å². The Labute approximate surface area is 108 Å². The fourth-order valence-electron chi connectivity index (χ4n) is 1.73. The van der Waals surface area contributed by atoms with Gasteiger partial charge in [-0.2, -0.15) is 0 Å². The normalized spacial score (nSPS) is 22.5. The summed E-state index contributed by atoms with van der Waals surface area (Å²) in [5.41, 5.74) is 5.73. The third-order valence-electron chi connectivity index (χ3n) is 2.68. The second-order valence-corrected chi connectivity index (χ2v) is 5.81. The number of halogens is 1. The molecule has 3 nitrogen and oxygen atoms in total. The Morgan fingerprint density at radius 2 is 2.56 bits per heavy atom. The van der Waals surface area contributed by atoms with Crippen molar-refractivity contribution >= 4 is 27.3 Å². The fourth-order valence-corrected chi connectivity index (χ4v) is 3.24. The van der Waals surface area contributed by atoms with Gasteiger partial charge in [-0.25, -0.2) is 0 Å². The van der Waals surface area contributed by atoms with Gasteiger partial charge in [-0.05, 0) is 28.4 Å². The van der Waals surface area contributed by atoms with Crippen LogP contribution < -0.4 is 5.73 Å². The SMILES string of the molecule is NCC(OCC1CCOC1)c1cc(Br)cs1. The van der Waals surface area contributed by atoms with Crippen molar-refractivity contribution in [2.45, 2.75) is 12.5 Å². The molecule has 1 saturated heterocycles.